The van der Waals surface area contributed by atoms with E-state index < -0.39 is 23.3 Å². The van der Waals surface area contributed by atoms with E-state index in [0.717, 1.165) is 24.3 Å². The Hall–Kier alpha value is -3.16. The number of fused-ring (bicyclic) bond motifs is 2. The summed E-state index contributed by atoms with van der Waals surface area (Å²) in [7, 11) is 0. The quantitative estimate of drug-likeness (QED) is 0.519. The van der Waals surface area contributed by atoms with Crippen molar-refractivity contribution in [2.24, 2.45) is 0 Å². The number of benzene rings is 2. The molecule has 2 aromatic carbocycles. The Morgan fingerprint density at radius 2 is 1.58 bits per heavy atom. The van der Waals surface area contributed by atoms with Gasteiger partial charge in [0.05, 0.1) is 11.0 Å². The van der Waals surface area contributed by atoms with Crippen LogP contribution in [-0.2, 0) is 0 Å². The van der Waals surface area contributed by atoms with Crippen molar-refractivity contribution in [2.75, 3.05) is 5.73 Å². The number of nitrogens with one attached hydrogen (secondary N) is 1. The maximum Gasteiger partial charge on any atom is 0.164 e. The topological polar surface area (TPSA) is 67.6 Å². The molecule has 4 rings (SSSR count). The number of rotatable bonds is 1. The van der Waals surface area contributed by atoms with Crippen molar-refractivity contribution in [3.8, 4) is 11.4 Å². The molecule has 0 unspecified atom stereocenters. The smallest absolute Gasteiger partial charge is 0.164 e. The van der Waals surface area contributed by atoms with Crippen molar-refractivity contribution in [3.05, 3.63) is 53.7 Å². The minimum Gasteiger partial charge on any atom is -0.383 e. The van der Waals surface area contributed by atoms with Gasteiger partial charge < -0.3 is 10.7 Å². The normalized spacial score (nSPS) is 11.5. The van der Waals surface area contributed by atoms with E-state index in [1.165, 1.54) is 6.20 Å². The highest BCUT2D eigenvalue weighted by Gasteiger charge is 2.16. The molecule has 2 heterocycles. The summed E-state index contributed by atoms with van der Waals surface area (Å²) in [6.07, 6.45) is 1.40. The molecule has 8 heteroatoms. The minimum atomic E-state index is -1.08. The standard InChI is InChI=1S/C16H8F4N4/c17-6-1-7-9(5-22-14(7)12(20)2-6)16-23-13-4-11(19)10(18)3-8(13)15(21)24-16/h1-5,22H,(H2,21,23,24). The lowest BCUT2D eigenvalue weighted by Gasteiger charge is -2.06. The molecule has 0 bridgehead atoms. The fraction of sp³-hybridized carbons (Fsp3) is 0. The number of H-pyrrole nitrogens is 1. The van der Waals surface area contributed by atoms with Gasteiger partial charge in [0, 0.05) is 34.7 Å². The van der Waals surface area contributed by atoms with E-state index in [9.17, 15) is 17.6 Å². The second-order valence-corrected chi connectivity index (χ2v) is 5.23. The first-order chi connectivity index (χ1) is 11.4. The van der Waals surface area contributed by atoms with Gasteiger partial charge in [-0.25, -0.2) is 27.5 Å². The zero-order valence-electron chi connectivity index (χ0n) is 11.9. The van der Waals surface area contributed by atoms with Crippen LogP contribution >= 0.6 is 0 Å². The molecular weight excluding hydrogens is 324 g/mol. The van der Waals surface area contributed by atoms with Crippen molar-refractivity contribution in [2.45, 2.75) is 0 Å². The molecule has 120 valence electrons. The average molecular weight is 332 g/mol. The Balaban J connectivity index is 2.02. The zero-order chi connectivity index (χ0) is 17.0. The number of aromatic amines is 1. The second kappa shape index (κ2) is 4.92. The Morgan fingerprint density at radius 3 is 2.38 bits per heavy atom. The van der Waals surface area contributed by atoms with Gasteiger partial charge in [-0.2, -0.15) is 0 Å². The molecule has 0 aliphatic rings. The summed E-state index contributed by atoms with van der Waals surface area (Å²) < 4.78 is 54.0. The van der Waals surface area contributed by atoms with Crippen LogP contribution in [-0.4, -0.2) is 15.0 Å². The second-order valence-electron chi connectivity index (χ2n) is 5.23. The molecule has 0 spiro atoms. The number of hydrogen-bond acceptors (Lipinski definition) is 3. The number of anilines is 1. The van der Waals surface area contributed by atoms with E-state index in [4.69, 9.17) is 5.73 Å². The highest BCUT2D eigenvalue weighted by molar-refractivity contribution is 5.96. The lowest BCUT2D eigenvalue weighted by molar-refractivity contribution is 0.510. The van der Waals surface area contributed by atoms with Crippen LogP contribution in [0.15, 0.2) is 30.5 Å². The van der Waals surface area contributed by atoms with Gasteiger partial charge in [0.15, 0.2) is 17.5 Å². The first-order valence-corrected chi connectivity index (χ1v) is 6.83. The predicted molar refractivity (Wildman–Crippen MR) is 81.1 cm³/mol. The monoisotopic (exact) mass is 332 g/mol. The van der Waals surface area contributed by atoms with Gasteiger partial charge in [-0.1, -0.05) is 0 Å². The van der Waals surface area contributed by atoms with E-state index >= 15 is 0 Å². The lowest BCUT2D eigenvalue weighted by Crippen LogP contribution is -1.99. The molecule has 24 heavy (non-hydrogen) atoms. The fourth-order valence-electron chi connectivity index (χ4n) is 2.61. The largest absolute Gasteiger partial charge is 0.383 e. The third kappa shape index (κ3) is 2.07. The predicted octanol–water partition coefficient (Wildman–Crippen LogP) is 3.92. The van der Waals surface area contributed by atoms with Crippen LogP contribution in [0, 0.1) is 23.3 Å². The summed E-state index contributed by atoms with van der Waals surface area (Å²) in [6, 6.07) is 3.66. The highest BCUT2D eigenvalue weighted by atomic mass is 19.2. The SMILES string of the molecule is Nc1nc(-c2c[nH]c3c(F)cc(F)cc23)nc2cc(F)c(F)cc12. The molecule has 4 nitrogen and oxygen atoms in total. The van der Waals surface area contributed by atoms with Crippen molar-refractivity contribution >= 4 is 27.6 Å². The molecule has 0 saturated carbocycles. The summed E-state index contributed by atoms with van der Waals surface area (Å²) in [4.78, 5) is 10.8. The van der Waals surface area contributed by atoms with Gasteiger partial charge in [0.25, 0.3) is 0 Å². The molecule has 2 aromatic heterocycles. The Kier molecular flexibility index (Phi) is 2.96. The van der Waals surface area contributed by atoms with Gasteiger partial charge in [-0.15, -0.1) is 0 Å². The molecule has 3 N–H and O–H groups in total. The van der Waals surface area contributed by atoms with Crippen LogP contribution in [0.4, 0.5) is 23.4 Å². The third-order valence-electron chi connectivity index (χ3n) is 3.71. The summed E-state index contributed by atoms with van der Waals surface area (Å²) in [5.74, 6) is -3.70. The van der Waals surface area contributed by atoms with E-state index in [-0.39, 0.29) is 33.4 Å². The molecule has 0 radical (unpaired) electrons. The molecule has 0 aliphatic heterocycles. The molecule has 0 aliphatic carbocycles. The minimum absolute atomic E-state index is 0.0438. The first-order valence-electron chi connectivity index (χ1n) is 6.83. The van der Waals surface area contributed by atoms with Gasteiger partial charge in [-0.05, 0) is 12.1 Å². The summed E-state index contributed by atoms with van der Waals surface area (Å²) in [5, 5.41) is 0.365. The van der Waals surface area contributed by atoms with E-state index in [1.54, 1.807) is 0 Å². The summed E-state index contributed by atoms with van der Waals surface area (Å²) in [5.41, 5.74) is 6.25. The molecule has 0 fully saturated rings. The third-order valence-corrected chi connectivity index (χ3v) is 3.71. The van der Waals surface area contributed by atoms with E-state index in [0.29, 0.717) is 5.56 Å². The van der Waals surface area contributed by atoms with Crippen LogP contribution in [0.25, 0.3) is 33.2 Å². The van der Waals surface area contributed by atoms with Crippen LogP contribution < -0.4 is 5.73 Å². The number of aromatic nitrogens is 3. The van der Waals surface area contributed by atoms with Crippen LogP contribution in [0.1, 0.15) is 0 Å². The maximum absolute atomic E-state index is 13.8. The molecule has 0 saturated heterocycles. The Bertz CT molecular complexity index is 1120. The van der Waals surface area contributed by atoms with Crippen molar-refractivity contribution < 1.29 is 17.6 Å². The lowest BCUT2D eigenvalue weighted by atomic mass is 10.1. The first kappa shape index (κ1) is 14.4. The molecule has 0 atom stereocenters. The maximum atomic E-state index is 13.8. The van der Waals surface area contributed by atoms with Gasteiger partial charge >= 0.3 is 0 Å². The number of nitrogen functional groups attached to an aromatic ring is 1. The van der Waals surface area contributed by atoms with Crippen LogP contribution in [0.3, 0.4) is 0 Å². The number of nitrogens with zero attached hydrogens (tertiary/aromatic N) is 2. The van der Waals surface area contributed by atoms with Gasteiger partial charge in [0.1, 0.15) is 17.5 Å². The summed E-state index contributed by atoms with van der Waals surface area (Å²) >= 11 is 0. The van der Waals surface area contributed by atoms with Crippen LogP contribution in [0.2, 0.25) is 0 Å². The molecule has 0 amide bonds. The Labute approximate surface area is 132 Å². The number of nitrogens with two attached hydrogens (primary N) is 1. The van der Waals surface area contributed by atoms with Gasteiger partial charge in [0.2, 0.25) is 0 Å². The molecule has 4 aromatic rings. The zero-order valence-corrected chi connectivity index (χ0v) is 11.9. The number of halogens is 4. The van der Waals surface area contributed by atoms with Gasteiger partial charge in [-0.3, -0.25) is 0 Å². The number of hydrogen-bond donors (Lipinski definition) is 2. The van der Waals surface area contributed by atoms with Crippen molar-refractivity contribution in [1.82, 2.24) is 15.0 Å². The average Bonchev–Trinajstić information content (AvgIpc) is 2.93. The molecular formula is C16H8F4N4. The highest BCUT2D eigenvalue weighted by Crippen LogP contribution is 2.31. The van der Waals surface area contributed by atoms with Crippen molar-refractivity contribution in [3.63, 3.8) is 0 Å². The summed E-state index contributed by atoms with van der Waals surface area (Å²) in [6.45, 7) is 0. The fourth-order valence-corrected chi connectivity index (χ4v) is 2.61. The van der Waals surface area contributed by atoms with E-state index in [1.807, 2.05) is 0 Å². The Morgan fingerprint density at radius 1 is 0.833 bits per heavy atom. The van der Waals surface area contributed by atoms with Crippen LogP contribution in [0.5, 0.6) is 0 Å². The van der Waals surface area contributed by atoms with Crippen molar-refractivity contribution in [1.29, 1.82) is 0 Å². The van der Waals surface area contributed by atoms with E-state index in [2.05, 4.69) is 15.0 Å².